The third-order valence-corrected chi connectivity index (χ3v) is 11.9. The van der Waals surface area contributed by atoms with Gasteiger partial charge in [-0.2, -0.15) is 0 Å². The molecule has 2 aromatic rings. The van der Waals surface area contributed by atoms with Gasteiger partial charge in [0.2, 0.25) is 0 Å². The summed E-state index contributed by atoms with van der Waals surface area (Å²) in [5.74, 6) is 1.96. The van der Waals surface area contributed by atoms with E-state index in [1.807, 2.05) is 12.3 Å². The fourth-order valence-corrected chi connectivity index (χ4v) is 10.9. The van der Waals surface area contributed by atoms with Gasteiger partial charge >= 0.3 is 14.9 Å². The predicted molar refractivity (Wildman–Crippen MR) is 134 cm³/mol. The van der Waals surface area contributed by atoms with Gasteiger partial charge in [-0.3, -0.25) is 4.98 Å². The predicted octanol–water partition coefficient (Wildman–Crippen LogP) is 3.85. The van der Waals surface area contributed by atoms with Crippen molar-refractivity contribution >= 4 is 25.8 Å². The van der Waals surface area contributed by atoms with E-state index in [1.165, 1.54) is 38.5 Å². The van der Waals surface area contributed by atoms with Crippen LogP contribution in [0.3, 0.4) is 0 Å². The van der Waals surface area contributed by atoms with Crippen LogP contribution in [0.1, 0.15) is 64.2 Å². The Kier molecular flexibility index (Phi) is 6.86. The van der Waals surface area contributed by atoms with Crippen LogP contribution in [0, 0.1) is 11.8 Å². The van der Waals surface area contributed by atoms with Crippen molar-refractivity contribution in [2.75, 3.05) is 13.1 Å². The number of aromatic nitrogens is 1. The summed E-state index contributed by atoms with van der Waals surface area (Å²) < 4.78 is 12.3. The lowest BCUT2D eigenvalue weighted by atomic mass is 9.78. The van der Waals surface area contributed by atoms with Gasteiger partial charge in [-0.15, -0.1) is 0 Å². The quantitative estimate of drug-likeness (QED) is 0.650. The number of fused-ring (bicyclic) bond motifs is 3. The van der Waals surface area contributed by atoms with Gasteiger partial charge in [-0.25, -0.2) is 0 Å². The van der Waals surface area contributed by atoms with Gasteiger partial charge < -0.3 is 21.8 Å². The van der Waals surface area contributed by atoms with Crippen molar-refractivity contribution in [2.24, 2.45) is 11.8 Å². The lowest BCUT2D eigenvalue weighted by molar-refractivity contribution is -0.0348. The molecule has 2 saturated carbocycles. The maximum absolute atomic E-state index is 11.2. The number of aliphatic hydroxyl groups is 2. The molecule has 2 aliphatic heterocycles. The highest BCUT2D eigenvalue weighted by Crippen LogP contribution is 2.41. The highest BCUT2D eigenvalue weighted by Gasteiger charge is 2.55. The Labute approximate surface area is 208 Å². The van der Waals surface area contributed by atoms with E-state index in [1.54, 1.807) is 0 Å². The van der Waals surface area contributed by atoms with Gasteiger partial charge in [-0.05, 0) is 88.4 Å². The van der Waals surface area contributed by atoms with Crippen LogP contribution in [0.15, 0.2) is 36.5 Å². The number of aliphatic hydroxyl groups excluding tert-OH is 2. The van der Waals surface area contributed by atoms with Gasteiger partial charge in [0, 0.05) is 23.7 Å². The van der Waals surface area contributed by atoms with Gasteiger partial charge in [0.05, 0.1) is 12.2 Å². The lowest BCUT2D eigenvalue weighted by Crippen LogP contribution is -2.71. The molecule has 7 heteroatoms. The van der Waals surface area contributed by atoms with Crippen LogP contribution in [0.25, 0.3) is 10.9 Å². The molecule has 2 saturated heterocycles. The molecule has 34 heavy (non-hydrogen) atoms. The first kappa shape index (κ1) is 23.2. The summed E-state index contributed by atoms with van der Waals surface area (Å²) in [6, 6.07) is 10.7. The average molecular weight is 480 g/mol. The monoisotopic (exact) mass is 479 g/mol. The zero-order valence-electron chi connectivity index (χ0n) is 20.1. The molecule has 4 aliphatic rings. The Morgan fingerprint density at radius 3 is 2.00 bits per heavy atom. The number of rotatable bonds is 4. The highest BCUT2D eigenvalue weighted by molar-refractivity contribution is 6.47. The first-order valence-corrected chi connectivity index (χ1v) is 15.1. The second-order valence-electron chi connectivity index (χ2n) is 11.0. The summed E-state index contributed by atoms with van der Waals surface area (Å²) in [7, 11) is 0. The number of hydrogen-bond acceptors (Lipinski definition) is 6. The van der Waals surface area contributed by atoms with E-state index in [0.29, 0.717) is 11.8 Å². The molecule has 6 nitrogen and oxygen atoms in total. The molecule has 0 radical (unpaired) electrons. The number of para-hydroxylation sites is 1. The Morgan fingerprint density at radius 1 is 0.765 bits per heavy atom. The lowest BCUT2D eigenvalue weighted by Gasteiger charge is -2.53. The highest BCUT2D eigenvalue weighted by atomic mass is 27.2. The molecule has 2 aliphatic carbocycles. The first-order chi connectivity index (χ1) is 16.7. The summed E-state index contributed by atoms with van der Waals surface area (Å²) in [5, 5.41) is 23.5. The molecule has 6 atom stereocenters. The van der Waals surface area contributed by atoms with Crippen LogP contribution < -0.4 is 3.79 Å². The van der Waals surface area contributed by atoms with Crippen molar-refractivity contribution in [3.05, 3.63) is 36.5 Å². The van der Waals surface area contributed by atoms with E-state index in [4.69, 9.17) is 3.79 Å². The number of pyridine rings is 1. The van der Waals surface area contributed by atoms with Crippen molar-refractivity contribution in [3.8, 4) is 5.75 Å². The van der Waals surface area contributed by atoms with E-state index in [9.17, 15) is 10.2 Å². The minimum Gasteiger partial charge on any atom is -0.617 e. The number of nitrogens with zero attached hydrogens (tertiary/aromatic N) is 3. The van der Waals surface area contributed by atoms with E-state index in [2.05, 4.69) is 37.0 Å². The molecule has 6 rings (SSSR count). The van der Waals surface area contributed by atoms with Crippen LogP contribution in [-0.4, -0.2) is 75.3 Å². The molecular formula is C27H38AlN3O3. The Bertz CT molecular complexity index is 945. The summed E-state index contributed by atoms with van der Waals surface area (Å²) in [6.07, 6.45) is 12.5. The number of hydrogen-bond donors (Lipinski definition) is 2. The smallest absolute Gasteiger partial charge is 0.617 e. The molecule has 0 bridgehead atoms. The number of benzene rings is 1. The van der Waals surface area contributed by atoms with Crippen LogP contribution in [-0.2, 0) is 0 Å². The van der Waals surface area contributed by atoms with Crippen molar-refractivity contribution in [3.63, 3.8) is 0 Å². The van der Waals surface area contributed by atoms with Crippen molar-refractivity contribution in [1.29, 1.82) is 0 Å². The fourth-order valence-electron chi connectivity index (χ4n) is 7.60. The number of piperidine rings is 2. The largest absolute Gasteiger partial charge is 0.796 e. The Morgan fingerprint density at radius 2 is 1.35 bits per heavy atom. The van der Waals surface area contributed by atoms with E-state index < -0.39 is 14.9 Å². The zero-order chi connectivity index (χ0) is 23.1. The van der Waals surface area contributed by atoms with E-state index in [0.717, 1.165) is 55.4 Å². The second-order valence-corrected chi connectivity index (χ2v) is 13.2. The van der Waals surface area contributed by atoms with E-state index >= 15 is 0 Å². The minimum absolute atomic E-state index is 0.184. The third-order valence-electron chi connectivity index (χ3n) is 9.05. The summed E-state index contributed by atoms with van der Waals surface area (Å²) in [6.45, 7) is 1.97. The molecule has 2 N–H and O–H groups in total. The fraction of sp³-hybridized carbons (Fsp3) is 0.667. The molecule has 182 valence electrons. The molecule has 6 unspecified atom stereocenters. The second kappa shape index (κ2) is 10.0. The van der Waals surface area contributed by atoms with Gasteiger partial charge in [0.15, 0.2) is 0 Å². The maximum Gasteiger partial charge on any atom is 0.796 e. The zero-order valence-corrected chi connectivity index (χ0v) is 21.3. The SMILES string of the molecule is OC1CCCC2CCC[N]([Al]([O]c3cccc4cccnc34)[N]3CCCC4CCCC(O)C43)C12. The van der Waals surface area contributed by atoms with Crippen molar-refractivity contribution in [2.45, 2.75) is 88.5 Å². The normalized spacial score (nSPS) is 34.9. The molecular weight excluding hydrogens is 441 g/mol. The standard InChI is InChI=1S/2C9H16NO.C9H7NO.Al/c3*11-8-5-1-3-7-4-2-6-10-9(7)8;/h2*7-9,11H,1-6H2;1-6,11H;/q2*-1;;+3/p-1. The van der Waals surface area contributed by atoms with Crippen LogP contribution >= 0.6 is 0 Å². The molecule has 3 heterocycles. The molecule has 0 spiro atoms. The van der Waals surface area contributed by atoms with Gasteiger partial charge in [-0.1, -0.05) is 31.0 Å². The maximum atomic E-state index is 11.2. The molecule has 4 fully saturated rings. The van der Waals surface area contributed by atoms with Gasteiger partial charge in [0.1, 0.15) is 11.3 Å². The van der Waals surface area contributed by atoms with Crippen LogP contribution in [0.2, 0.25) is 0 Å². The topological polar surface area (TPSA) is 69.1 Å². The molecule has 0 amide bonds. The van der Waals surface area contributed by atoms with Crippen molar-refractivity contribution < 1.29 is 14.0 Å². The van der Waals surface area contributed by atoms with Gasteiger partial charge in [0.25, 0.3) is 0 Å². The molecule has 1 aromatic heterocycles. The minimum atomic E-state index is -2.19. The third kappa shape index (κ3) is 4.30. The van der Waals surface area contributed by atoms with Crippen LogP contribution in [0.4, 0.5) is 0 Å². The van der Waals surface area contributed by atoms with E-state index in [-0.39, 0.29) is 24.3 Å². The summed E-state index contributed by atoms with van der Waals surface area (Å²) in [5.41, 5.74) is 0.915. The first-order valence-electron chi connectivity index (χ1n) is 13.6. The Hall–Kier alpha value is -1.20. The summed E-state index contributed by atoms with van der Waals surface area (Å²) >= 11 is -2.19. The van der Waals surface area contributed by atoms with Crippen molar-refractivity contribution in [1.82, 2.24) is 12.8 Å². The van der Waals surface area contributed by atoms with Crippen LogP contribution in [0.5, 0.6) is 5.75 Å². The Balaban J connectivity index is 1.40. The summed E-state index contributed by atoms with van der Waals surface area (Å²) in [4.78, 5) is 4.68. The molecule has 1 aromatic carbocycles. The average Bonchev–Trinajstić information content (AvgIpc) is 2.87.